The zero-order valence-corrected chi connectivity index (χ0v) is 16.8. The van der Waals surface area contributed by atoms with Gasteiger partial charge >= 0.3 is 0 Å². The van der Waals surface area contributed by atoms with Crippen LogP contribution in [0.4, 0.5) is 5.82 Å². The summed E-state index contributed by atoms with van der Waals surface area (Å²) in [5.41, 5.74) is 2.65. The molecule has 1 unspecified atom stereocenters. The number of para-hydroxylation sites is 1. The number of hydrogen-bond acceptors (Lipinski definition) is 5. The number of H-pyrrole nitrogens is 1. The Bertz CT molecular complexity index is 1430. The molecule has 2 N–H and O–H groups in total. The van der Waals surface area contributed by atoms with Crippen molar-refractivity contribution in [2.75, 3.05) is 5.32 Å². The fraction of sp³-hybridized carbons (Fsp3) is 0.0909. The van der Waals surface area contributed by atoms with Gasteiger partial charge in [-0.05, 0) is 37.3 Å². The van der Waals surface area contributed by atoms with Crippen molar-refractivity contribution >= 4 is 39.4 Å². The van der Waals surface area contributed by atoms with Gasteiger partial charge < -0.3 is 10.3 Å². The summed E-state index contributed by atoms with van der Waals surface area (Å²) in [6.07, 6.45) is 3.33. The molecule has 2 aromatic carbocycles. The van der Waals surface area contributed by atoms with Gasteiger partial charge in [-0.1, -0.05) is 35.9 Å². The van der Waals surface area contributed by atoms with Crippen LogP contribution in [0.1, 0.15) is 18.8 Å². The number of nitrogens with zero attached hydrogens (tertiary/aromatic N) is 4. The number of hydrogen-bond donors (Lipinski definition) is 2. The molecule has 0 spiro atoms. The van der Waals surface area contributed by atoms with E-state index in [2.05, 4.69) is 20.3 Å². The molecule has 1 atom stereocenters. The van der Waals surface area contributed by atoms with Crippen LogP contribution < -0.4 is 10.9 Å². The molecule has 0 fully saturated rings. The van der Waals surface area contributed by atoms with E-state index in [1.807, 2.05) is 43.3 Å². The van der Waals surface area contributed by atoms with Gasteiger partial charge in [0, 0.05) is 6.20 Å². The van der Waals surface area contributed by atoms with Crippen LogP contribution in [0.25, 0.3) is 27.6 Å². The first-order valence-electron chi connectivity index (χ1n) is 9.44. The van der Waals surface area contributed by atoms with Gasteiger partial charge in [0.05, 0.1) is 39.5 Å². The first-order valence-corrected chi connectivity index (χ1v) is 9.82. The van der Waals surface area contributed by atoms with Crippen LogP contribution in [0.15, 0.2) is 71.9 Å². The molecule has 0 saturated heterocycles. The second-order valence-corrected chi connectivity index (χ2v) is 7.31. The van der Waals surface area contributed by atoms with E-state index < -0.39 is 0 Å². The van der Waals surface area contributed by atoms with Gasteiger partial charge in [-0.2, -0.15) is 0 Å². The first kappa shape index (κ1) is 18.3. The monoisotopic (exact) mass is 416 g/mol. The number of anilines is 1. The Morgan fingerprint density at radius 3 is 2.73 bits per heavy atom. The summed E-state index contributed by atoms with van der Waals surface area (Å²) >= 11 is 6.35. The molecule has 3 heterocycles. The van der Waals surface area contributed by atoms with Crippen LogP contribution in [-0.2, 0) is 0 Å². The Morgan fingerprint density at radius 2 is 1.90 bits per heavy atom. The Balaban J connectivity index is 1.71. The van der Waals surface area contributed by atoms with Crippen molar-refractivity contribution in [3.05, 3.63) is 88.3 Å². The maximum atomic E-state index is 13.5. The van der Waals surface area contributed by atoms with Crippen LogP contribution in [-0.4, -0.2) is 24.5 Å². The smallest absolute Gasteiger partial charge is 0.267 e. The number of halogens is 1. The number of rotatable bonds is 4. The first-order chi connectivity index (χ1) is 14.6. The summed E-state index contributed by atoms with van der Waals surface area (Å²) < 4.78 is 1.59. The topological polar surface area (TPSA) is 88.5 Å². The second kappa shape index (κ2) is 7.27. The summed E-state index contributed by atoms with van der Waals surface area (Å²) in [6, 6.07) is 16.2. The average molecular weight is 417 g/mol. The largest absolute Gasteiger partial charge is 0.359 e. The minimum absolute atomic E-state index is 0.216. The molecule has 5 rings (SSSR count). The molecule has 0 aliphatic heterocycles. The quantitative estimate of drug-likeness (QED) is 0.451. The lowest BCUT2D eigenvalue weighted by Crippen LogP contribution is -2.27. The number of imidazole rings is 1. The zero-order valence-electron chi connectivity index (χ0n) is 16.0. The summed E-state index contributed by atoms with van der Waals surface area (Å²) in [7, 11) is 0. The highest BCUT2D eigenvalue weighted by Crippen LogP contribution is 2.26. The van der Waals surface area contributed by atoms with E-state index in [9.17, 15) is 4.79 Å². The Labute approximate surface area is 176 Å². The predicted octanol–water partition coefficient (Wildman–Crippen LogP) is 4.48. The van der Waals surface area contributed by atoms with Crippen LogP contribution in [0.5, 0.6) is 0 Å². The highest BCUT2D eigenvalue weighted by molar-refractivity contribution is 6.35. The van der Waals surface area contributed by atoms with Crippen molar-refractivity contribution in [1.82, 2.24) is 24.5 Å². The van der Waals surface area contributed by atoms with E-state index >= 15 is 0 Å². The van der Waals surface area contributed by atoms with Crippen LogP contribution in [0.3, 0.4) is 0 Å². The summed E-state index contributed by atoms with van der Waals surface area (Å²) in [4.78, 5) is 30.1. The summed E-state index contributed by atoms with van der Waals surface area (Å²) in [5, 5.41) is 4.13. The highest BCUT2D eigenvalue weighted by Gasteiger charge is 2.20. The van der Waals surface area contributed by atoms with E-state index in [1.165, 1.54) is 0 Å². The lowest BCUT2D eigenvalue weighted by molar-refractivity contribution is 0.732. The molecule has 3 aromatic heterocycles. The lowest BCUT2D eigenvalue weighted by atomic mass is 10.2. The SMILES string of the molecule is CC(Nc1nccc2[nH]cnc12)c1nc2cccc(Cl)c2c(=O)n1-c1ccccc1. The number of aromatic nitrogens is 5. The molecule has 0 saturated carbocycles. The minimum atomic E-state index is -0.337. The van der Waals surface area contributed by atoms with Crippen LogP contribution in [0.2, 0.25) is 5.02 Å². The molecule has 5 aromatic rings. The zero-order chi connectivity index (χ0) is 20.7. The molecule has 8 heteroatoms. The van der Waals surface area contributed by atoms with E-state index in [1.54, 1.807) is 35.3 Å². The molecule has 148 valence electrons. The number of fused-ring (bicyclic) bond motifs is 2. The van der Waals surface area contributed by atoms with Crippen molar-refractivity contribution in [2.45, 2.75) is 13.0 Å². The Kier molecular flexibility index (Phi) is 4.44. The fourth-order valence-corrected chi connectivity index (χ4v) is 3.82. The predicted molar refractivity (Wildman–Crippen MR) is 118 cm³/mol. The standard InChI is InChI=1S/C22H17ClN6O/c1-13(27-20-19-17(10-11-24-20)25-12-26-19)21-28-16-9-5-8-15(23)18(16)22(30)29(21)14-6-3-2-4-7-14/h2-13H,1H3,(H,24,27)(H,25,26). The van der Waals surface area contributed by atoms with Crippen molar-refractivity contribution < 1.29 is 0 Å². The molecule has 0 aliphatic rings. The second-order valence-electron chi connectivity index (χ2n) is 6.90. The van der Waals surface area contributed by atoms with Gasteiger partial charge in [0.2, 0.25) is 0 Å². The summed E-state index contributed by atoms with van der Waals surface area (Å²) in [6.45, 7) is 1.94. The summed E-state index contributed by atoms with van der Waals surface area (Å²) in [5.74, 6) is 1.16. The van der Waals surface area contributed by atoms with E-state index in [-0.39, 0.29) is 11.6 Å². The van der Waals surface area contributed by atoms with Crippen molar-refractivity contribution in [2.24, 2.45) is 0 Å². The Morgan fingerprint density at radius 1 is 1.07 bits per heavy atom. The number of pyridine rings is 1. The average Bonchev–Trinajstić information content (AvgIpc) is 3.24. The van der Waals surface area contributed by atoms with Gasteiger partial charge in [-0.15, -0.1) is 0 Å². The molecule has 7 nitrogen and oxygen atoms in total. The maximum absolute atomic E-state index is 13.5. The Hall–Kier alpha value is -3.71. The fourth-order valence-electron chi connectivity index (χ4n) is 3.57. The third kappa shape index (κ3) is 3.00. The van der Waals surface area contributed by atoms with Gasteiger partial charge in [0.15, 0.2) is 5.82 Å². The van der Waals surface area contributed by atoms with Gasteiger partial charge in [0.1, 0.15) is 11.3 Å². The van der Waals surface area contributed by atoms with E-state index in [0.29, 0.717) is 33.3 Å². The van der Waals surface area contributed by atoms with Crippen LogP contribution in [0, 0.1) is 0 Å². The molecule has 0 amide bonds. The van der Waals surface area contributed by atoms with Crippen molar-refractivity contribution in [3.63, 3.8) is 0 Å². The molecular formula is C22H17ClN6O. The van der Waals surface area contributed by atoms with Gasteiger partial charge in [0.25, 0.3) is 5.56 Å². The lowest BCUT2D eigenvalue weighted by Gasteiger charge is -2.20. The molecule has 0 radical (unpaired) electrons. The van der Waals surface area contributed by atoms with Crippen molar-refractivity contribution in [3.8, 4) is 5.69 Å². The third-order valence-corrected chi connectivity index (χ3v) is 5.28. The number of benzene rings is 2. The molecular weight excluding hydrogens is 400 g/mol. The maximum Gasteiger partial charge on any atom is 0.267 e. The third-order valence-electron chi connectivity index (χ3n) is 4.97. The molecule has 0 bridgehead atoms. The number of nitrogens with one attached hydrogen (secondary N) is 2. The number of aromatic amines is 1. The molecule has 30 heavy (non-hydrogen) atoms. The van der Waals surface area contributed by atoms with Crippen molar-refractivity contribution in [1.29, 1.82) is 0 Å². The van der Waals surface area contributed by atoms with E-state index in [4.69, 9.17) is 16.6 Å². The normalized spacial score (nSPS) is 12.3. The van der Waals surface area contributed by atoms with Gasteiger partial charge in [-0.3, -0.25) is 9.36 Å². The molecule has 0 aliphatic carbocycles. The van der Waals surface area contributed by atoms with Crippen LogP contribution >= 0.6 is 11.6 Å². The van der Waals surface area contributed by atoms with E-state index in [0.717, 1.165) is 11.0 Å². The highest BCUT2D eigenvalue weighted by atomic mass is 35.5. The van der Waals surface area contributed by atoms with Gasteiger partial charge in [-0.25, -0.2) is 15.0 Å². The minimum Gasteiger partial charge on any atom is -0.359 e.